The first-order valence-electron chi connectivity index (χ1n) is 7.27. The Balaban J connectivity index is 3.11. The van der Waals surface area contributed by atoms with Gasteiger partial charge in [0.25, 0.3) is 5.91 Å². The molecule has 0 fully saturated rings. The third-order valence-corrected chi connectivity index (χ3v) is 4.41. The van der Waals surface area contributed by atoms with Gasteiger partial charge in [-0.1, -0.05) is 20.8 Å². The number of ether oxygens (including phenoxy) is 1. The van der Waals surface area contributed by atoms with Gasteiger partial charge in [0, 0.05) is 18.7 Å². The lowest BCUT2D eigenvalue weighted by atomic mass is 10.2. The lowest BCUT2D eigenvalue weighted by Crippen LogP contribution is -2.28. The number of amides is 1. The van der Waals surface area contributed by atoms with Crippen molar-refractivity contribution in [2.24, 2.45) is 5.92 Å². The maximum Gasteiger partial charge on any atom is 0.251 e. The van der Waals surface area contributed by atoms with E-state index in [1.54, 1.807) is 6.07 Å². The molecule has 22 heavy (non-hydrogen) atoms. The van der Waals surface area contributed by atoms with E-state index in [4.69, 9.17) is 4.74 Å². The van der Waals surface area contributed by atoms with Crippen molar-refractivity contribution in [3.8, 4) is 5.75 Å². The Kier molecular flexibility index (Phi) is 6.83. The topological polar surface area (TPSA) is 84.5 Å². The second kappa shape index (κ2) is 8.14. The van der Waals surface area contributed by atoms with Crippen molar-refractivity contribution in [1.82, 2.24) is 10.0 Å². The molecule has 6 nitrogen and oxygen atoms in total. The van der Waals surface area contributed by atoms with Gasteiger partial charge in [0.05, 0.1) is 7.11 Å². The predicted octanol–water partition coefficient (Wildman–Crippen LogP) is 1.77. The fourth-order valence-corrected chi connectivity index (χ4v) is 3.07. The average molecular weight is 328 g/mol. The minimum Gasteiger partial charge on any atom is -0.495 e. The quantitative estimate of drug-likeness (QED) is 0.762. The van der Waals surface area contributed by atoms with E-state index in [0.717, 1.165) is 0 Å². The minimum atomic E-state index is -3.71. The van der Waals surface area contributed by atoms with Crippen molar-refractivity contribution < 1.29 is 17.9 Å². The van der Waals surface area contributed by atoms with Gasteiger partial charge < -0.3 is 10.1 Å². The number of sulfonamides is 1. The number of rotatable bonds is 8. The van der Waals surface area contributed by atoms with Gasteiger partial charge in [0.15, 0.2) is 0 Å². The summed E-state index contributed by atoms with van der Waals surface area (Å²) in [6.45, 7) is 6.70. The van der Waals surface area contributed by atoms with Crippen LogP contribution in [0.15, 0.2) is 23.1 Å². The van der Waals surface area contributed by atoms with Crippen molar-refractivity contribution in [3.63, 3.8) is 0 Å². The molecule has 0 spiro atoms. The van der Waals surface area contributed by atoms with E-state index in [1.165, 1.54) is 19.2 Å². The Morgan fingerprint density at radius 1 is 1.32 bits per heavy atom. The third kappa shape index (κ3) is 4.99. The molecule has 1 aromatic rings. The highest BCUT2D eigenvalue weighted by Gasteiger charge is 2.21. The van der Waals surface area contributed by atoms with E-state index in [1.807, 2.05) is 20.8 Å². The van der Waals surface area contributed by atoms with E-state index in [0.29, 0.717) is 31.0 Å². The van der Waals surface area contributed by atoms with Crippen LogP contribution in [0.5, 0.6) is 5.75 Å². The van der Waals surface area contributed by atoms with Gasteiger partial charge in [0.2, 0.25) is 10.0 Å². The summed E-state index contributed by atoms with van der Waals surface area (Å²) in [4.78, 5) is 12.0. The fraction of sp³-hybridized carbons (Fsp3) is 0.533. The zero-order valence-corrected chi connectivity index (χ0v) is 14.3. The van der Waals surface area contributed by atoms with Crippen molar-refractivity contribution in [2.75, 3.05) is 20.2 Å². The summed E-state index contributed by atoms with van der Waals surface area (Å²) in [6, 6.07) is 4.38. The molecule has 1 rings (SSSR count). The number of hydrogen-bond donors (Lipinski definition) is 2. The molecule has 0 saturated carbocycles. The summed E-state index contributed by atoms with van der Waals surface area (Å²) in [7, 11) is -2.31. The highest BCUT2D eigenvalue weighted by atomic mass is 32.2. The molecule has 124 valence electrons. The van der Waals surface area contributed by atoms with Crippen molar-refractivity contribution in [2.45, 2.75) is 32.1 Å². The first-order chi connectivity index (χ1) is 10.3. The highest BCUT2D eigenvalue weighted by Crippen LogP contribution is 2.24. The van der Waals surface area contributed by atoms with Crippen LogP contribution in [0.4, 0.5) is 0 Å². The van der Waals surface area contributed by atoms with E-state index in [-0.39, 0.29) is 16.6 Å². The lowest BCUT2D eigenvalue weighted by molar-refractivity contribution is 0.0948. The van der Waals surface area contributed by atoms with E-state index in [2.05, 4.69) is 10.0 Å². The van der Waals surface area contributed by atoms with Gasteiger partial charge in [-0.05, 0) is 30.5 Å². The largest absolute Gasteiger partial charge is 0.495 e. The summed E-state index contributed by atoms with van der Waals surface area (Å²) in [6.07, 6.45) is 0.677. The fourth-order valence-electron chi connectivity index (χ4n) is 1.74. The standard InChI is InChI=1S/C15H24N2O4S/c1-5-8-17-22(19,20)14-9-12(6-7-13(14)21-4)15(18)16-10-11(2)3/h6-7,9,11,17H,5,8,10H2,1-4H3,(H,16,18). The molecule has 0 bridgehead atoms. The van der Waals surface area contributed by atoms with E-state index < -0.39 is 10.0 Å². The summed E-state index contributed by atoms with van der Waals surface area (Å²) < 4.78 is 32.1. The number of benzene rings is 1. The Morgan fingerprint density at radius 2 is 2.00 bits per heavy atom. The lowest BCUT2D eigenvalue weighted by Gasteiger charge is -2.13. The molecule has 0 saturated heterocycles. The predicted molar refractivity (Wildman–Crippen MR) is 85.6 cm³/mol. The van der Waals surface area contributed by atoms with Gasteiger partial charge in [-0.2, -0.15) is 0 Å². The van der Waals surface area contributed by atoms with Crippen LogP contribution in [0.2, 0.25) is 0 Å². The zero-order chi connectivity index (χ0) is 16.8. The van der Waals surface area contributed by atoms with E-state index >= 15 is 0 Å². The number of carbonyl (C=O) groups excluding carboxylic acids is 1. The molecule has 0 aliphatic carbocycles. The molecule has 0 aliphatic heterocycles. The number of hydrogen-bond acceptors (Lipinski definition) is 4. The van der Waals surface area contributed by atoms with Gasteiger partial charge in [-0.25, -0.2) is 13.1 Å². The van der Waals surface area contributed by atoms with Crippen LogP contribution in [-0.4, -0.2) is 34.5 Å². The van der Waals surface area contributed by atoms with Crippen LogP contribution >= 0.6 is 0 Å². The molecule has 7 heteroatoms. The molecule has 1 amide bonds. The van der Waals surface area contributed by atoms with Crippen LogP contribution < -0.4 is 14.8 Å². The molecule has 0 unspecified atom stereocenters. The van der Waals surface area contributed by atoms with Crippen LogP contribution in [0.25, 0.3) is 0 Å². The Bertz CT molecular complexity index is 612. The molecule has 0 heterocycles. The second-order valence-electron chi connectivity index (χ2n) is 5.37. The first kappa shape index (κ1) is 18.4. The third-order valence-electron chi connectivity index (χ3n) is 2.93. The molecule has 0 aliphatic rings. The van der Waals surface area contributed by atoms with Crippen LogP contribution in [0.1, 0.15) is 37.6 Å². The Morgan fingerprint density at radius 3 is 2.55 bits per heavy atom. The van der Waals surface area contributed by atoms with Crippen LogP contribution in [-0.2, 0) is 10.0 Å². The van der Waals surface area contributed by atoms with Crippen molar-refractivity contribution >= 4 is 15.9 Å². The SMILES string of the molecule is CCCNS(=O)(=O)c1cc(C(=O)NCC(C)C)ccc1OC. The number of methoxy groups -OCH3 is 1. The molecule has 2 N–H and O–H groups in total. The maximum atomic E-state index is 12.3. The molecule has 1 aromatic carbocycles. The highest BCUT2D eigenvalue weighted by molar-refractivity contribution is 7.89. The Hall–Kier alpha value is -1.60. The summed E-state index contributed by atoms with van der Waals surface area (Å²) in [5.74, 6) is 0.226. The van der Waals surface area contributed by atoms with Gasteiger partial charge in [0.1, 0.15) is 10.6 Å². The van der Waals surface area contributed by atoms with E-state index in [9.17, 15) is 13.2 Å². The molecular formula is C15H24N2O4S. The minimum absolute atomic E-state index is 0.0272. The van der Waals surface area contributed by atoms with Gasteiger partial charge in [-0.15, -0.1) is 0 Å². The second-order valence-corrected chi connectivity index (χ2v) is 7.10. The average Bonchev–Trinajstić information content (AvgIpc) is 2.49. The van der Waals surface area contributed by atoms with Crippen molar-refractivity contribution in [1.29, 1.82) is 0 Å². The Labute approximate surface area is 132 Å². The van der Waals surface area contributed by atoms with Crippen LogP contribution in [0.3, 0.4) is 0 Å². The van der Waals surface area contributed by atoms with Crippen LogP contribution in [0, 0.1) is 5.92 Å². The molecule has 0 aromatic heterocycles. The monoisotopic (exact) mass is 328 g/mol. The number of carbonyl (C=O) groups is 1. The summed E-state index contributed by atoms with van der Waals surface area (Å²) >= 11 is 0. The van der Waals surface area contributed by atoms with Crippen molar-refractivity contribution in [3.05, 3.63) is 23.8 Å². The zero-order valence-electron chi connectivity index (χ0n) is 13.5. The van der Waals surface area contributed by atoms with Gasteiger partial charge in [-0.3, -0.25) is 4.79 Å². The summed E-state index contributed by atoms with van der Waals surface area (Å²) in [5.41, 5.74) is 0.290. The summed E-state index contributed by atoms with van der Waals surface area (Å²) in [5, 5.41) is 2.76. The molecule has 0 radical (unpaired) electrons. The maximum absolute atomic E-state index is 12.3. The number of nitrogens with one attached hydrogen (secondary N) is 2. The smallest absolute Gasteiger partial charge is 0.251 e. The first-order valence-corrected chi connectivity index (χ1v) is 8.76. The normalized spacial score (nSPS) is 11.5. The molecule has 0 atom stereocenters. The molecular weight excluding hydrogens is 304 g/mol. The van der Waals surface area contributed by atoms with Gasteiger partial charge >= 0.3 is 0 Å².